The van der Waals surface area contributed by atoms with Gasteiger partial charge in [-0.05, 0) is 43.9 Å². The minimum Gasteiger partial charge on any atom is -0.480 e. The molecule has 1 unspecified atom stereocenters. The van der Waals surface area contributed by atoms with E-state index in [1.54, 1.807) is 6.92 Å². The van der Waals surface area contributed by atoms with E-state index in [2.05, 4.69) is 24.3 Å². The molecule has 0 saturated heterocycles. The highest BCUT2D eigenvalue weighted by Gasteiger charge is 2.23. The molecule has 0 amide bonds. The van der Waals surface area contributed by atoms with Crippen molar-refractivity contribution in [2.45, 2.75) is 38.3 Å². The molecule has 1 aromatic carbocycles. The molecule has 2 rings (SSSR count). The van der Waals surface area contributed by atoms with E-state index in [4.69, 9.17) is 5.11 Å². The van der Waals surface area contributed by atoms with Crippen LogP contribution in [-0.4, -0.2) is 29.1 Å². The Morgan fingerprint density at radius 3 is 2.82 bits per heavy atom. The average molecular weight is 233 g/mol. The van der Waals surface area contributed by atoms with Gasteiger partial charge in [0, 0.05) is 6.54 Å². The number of nitrogens with zero attached hydrogens (tertiary/aromatic N) is 1. The van der Waals surface area contributed by atoms with Crippen LogP contribution >= 0.6 is 0 Å². The average Bonchev–Trinajstić information content (AvgIpc) is 3.12. The van der Waals surface area contributed by atoms with Crippen molar-refractivity contribution in [3.8, 4) is 0 Å². The minimum absolute atomic E-state index is 0.445. The number of aliphatic carboxylic acids is 1. The Balaban J connectivity index is 2.02. The first-order valence-electron chi connectivity index (χ1n) is 6.10. The highest BCUT2D eigenvalue weighted by Crippen LogP contribution is 2.40. The highest BCUT2D eigenvalue weighted by molar-refractivity contribution is 5.72. The summed E-state index contributed by atoms with van der Waals surface area (Å²) in [5.41, 5.74) is 2.60. The standard InChI is InChI=1S/C14H19NO2/c1-10(14(16)17)15(2)9-11-4-3-5-13(8-11)12-6-7-12/h3-5,8,10,12H,6-7,9H2,1-2H3,(H,16,17). The second-order valence-electron chi connectivity index (χ2n) is 4.95. The van der Waals surface area contributed by atoms with E-state index in [0.717, 1.165) is 5.92 Å². The van der Waals surface area contributed by atoms with Crippen LogP contribution in [0.25, 0.3) is 0 Å². The fourth-order valence-corrected chi connectivity index (χ4v) is 1.98. The molecule has 92 valence electrons. The summed E-state index contributed by atoms with van der Waals surface area (Å²) in [5, 5.41) is 8.94. The number of benzene rings is 1. The number of carbonyl (C=O) groups is 1. The summed E-state index contributed by atoms with van der Waals surface area (Å²) in [6, 6.07) is 8.07. The maximum absolute atomic E-state index is 10.9. The third-order valence-electron chi connectivity index (χ3n) is 3.45. The zero-order valence-corrected chi connectivity index (χ0v) is 10.4. The van der Waals surface area contributed by atoms with Crippen LogP contribution in [0.4, 0.5) is 0 Å². The highest BCUT2D eigenvalue weighted by atomic mass is 16.4. The molecule has 1 aliphatic carbocycles. The second kappa shape index (κ2) is 4.88. The number of carboxylic acids is 1. The van der Waals surface area contributed by atoms with E-state index in [9.17, 15) is 4.79 Å². The summed E-state index contributed by atoms with van der Waals surface area (Å²) in [6.45, 7) is 2.40. The Labute approximate surface area is 102 Å². The molecule has 3 heteroatoms. The first-order chi connectivity index (χ1) is 8.08. The molecule has 17 heavy (non-hydrogen) atoms. The van der Waals surface area contributed by atoms with Crippen LogP contribution in [0, 0.1) is 0 Å². The van der Waals surface area contributed by atoms with Crippen LogP contribution in [0.2, 0.25) is 0 Å². The molecular formula is C14H19NO2. The molecule has 0 radical (unpaired) electrons. The normalized spacial score (nSPS) is 17.1. The van der Waals surface area contributed by atoms with E-state index in [-0.39, 0.29) is 0 Å². The lowest BCUT2D eigenvalue weighted by Gasteiger charge is -2.21. The molecule has 1 saturated carbocycles. The molecule has 0 aromatic heterocycles. The van der Waals surface area contributed by atoms with Crippen LogP contribution in [0.15, 0.2) is 24.3 Å². The lowest BCUT2D eigenvalue weighted by molar-refractivity contribution is -0.142. The van der Waals surface area contributed by atoms with Gasteiger partial charge in [-0.25, -0.2) is 0 Å². The number of hydrogen-bond donors (Lipinski definition) is 1. The second-order valence-corrected chi connectivity index (χ2v) is 4.95. The lowest BCUT2D eigenvalue weighted by Crippen LogP contribution is -2.35. The summed E-state index contributed by atoms with van der Waals surface area (Å²) in [7, 11) is 1.85. The molecule has 1 N–H and O–H groups in total. The Hall–Kier alpha value is -1.35. The van der Waals surface area contributed by atoms with E-state index in [0.29, 0.717) is 6.54 Å². The first-order valence-corrected chi connectivity index (χ1v) is 6.10. The quantitative estimate of drug-likeness (QED) is 0.849. The Morgan fingerprint density at radius 1 is 1.53 bits per heavy atom. The van der Waals surface area contributed by atoms with Crippen LogP contribution in [0.1, 0.15) is 36.8 Å². The molecule has 1 atom stereocenters. The third-order valence-corrected chi connectivity index (χ3v) is 3.45. The van der Waals surface area contributed by atoms with Gasteiger partial charge in [-0.1, -0.05) is 24.3 Å². The van der Waals surface area contributed by atoms with Gasteiger partial charge in [0.25, 0.3) is 0 Å². The van der Waals surface area contributed by atoms with Crippen LogP contribution in [0.5, 0.6) is 0 Å². The SMILES string of the molecule is CC(C(=O)O)N(C)Cc1cccc(C2CC2)c1. The number of hydrogen-bond acceptors (Lipinski definition) is 2. The molecule has 1 fully saturated rings. The maximum Gasteiger partial charge on any atom is 0.320 e. The van der Waals surface area contributed by atoms with E-state index < -0.39 is 12.0 Å². The third kappa shape index (κ3) is 3.07. The molecule has 3 nitrogen and oxygen atoms in total. The van der Waals surface area contributed by atoms with Crippen LogP contribution < -0.4 is 0 Å². The van der Waals surface area contributed by atoms with Crippen molar-refractivity contribution < 1.29 is 9.90 Å². The molecule has 0 bridgehead atoms. The van der Waals surface area contributed by atoms with Crippen molar-refractivity contribution in [1.29, 1.82) is 0 Å². The van der Waals surface area contributed by atoms with Crippen molar-refractivity contribution in [3.05, 3.63) is 35.4 Å². The summed E-state index contributed by atoms with van der Waals surface area (Å²) in [4.78, 5) is 12.7. The zero-order valence-electron chi connectivity index (χ0n) is 10.4. The van der Waals surface area contributed by atoms with E-state index >= 15 is 0 Å². The topological polar surface area (TPSA) is 40.5 Å². The summed E-state index contributed by atoms with van der Waals surface area (Å²) < 4.78 is 0. The minimum atomic E-state index is -0.772. The largest absolute Gasteiger partial charge is 0.480 e. The Bertz CT molecular complexity index is 412. The lowest BCUT2D eigenvalue weighted by atomic mass is 10.1. The van der Waals surface area contributed by atoms with Gasteiger partial charge in [0.1, 0.15) is 6.04 Å². The fraction of sp³-hybridized carbons (Fsp3) is 0.500. The predicted molar refractivity (Wildman–Crippen MR) is 67.0 cm³/mol. The summed E-state index contributed by atoms with van der Waals surface area (Å²) in [6.07, 6.45) is 2.59. The summed E-state index contributed by atoms with van der Waals surface area (Å²) in [5.74, 6) is -0.0250. The van der Waals surface area contributed by atoms with E-state index in [1.807, 2.05) is 11.9 Å². The first kappa shape index (κ1) is 12.1. The van der Waals surface area contributed by atoms with Gasteiger partial charge in [-0.15, -0.1) is 0 Å². The van der Waals surface area contributed by atoms with Gasteiger partial charge in [0.2, 0.25) is 0 Å². The Kier molecular flexibility index (Phi) is 3.48. The molecule has 0 heterocycles. The predicted octanol–water partition coefficient (Wildman–Crippen LogP) is 2.47. The smallest absolute Gasteiger partial charge is 0.320 e. The van der Waals surface area contributed by atoms with E-state index in [1.165, 1.54) is 24.0 Å². The van der Waals surface area contributed by atoms with Crippen LogP contribution in [-0.2, 0) is 11.3 Å². The number of rotatable bonds is 5. The molecule has 1 aliphatic rings. The van der Waals surface area contributed by atoms with Gasteiger partial charge in [0.15, 0.2) is 0 Å². The number of likely N-dealkylation sites (N-methyl/N-ethyl adjacent to an activating group) is 1. The van der Waals surface area contributed by atoms with Crippen LogP contribution in [0.3, 0.4) is 0 Å². The molecule has 1 aromatic rings. The monoisotopic (exact) mass is 233 g/mol. The molecule has 0 aliphatic heterocycles. The number of carboxylic acid groups (broad SMARTS) is 1. The summed E-state index contributed by atoms with van der Waals surface area (Å²) >= 11 is 0. The van der Waals surface area contributed by atoms with Crippen molar-refractivity contribution in [1.82, 2.24) is 4.90 Å². The zero-order chi connectivity index (χ0) is 12.4. The van der Waals surface area contributed by atoms with Crippen molar-refractivity contribution in [2.24, 2.45) is 0 Å². The van der Waals surface area contributed by atoms with Gasteiger partial charge in [-0.3, -0.25) is 9.69 Å². The molecule has 0 spiro atoms. The van der Waals surface area contributed by atoms with Crippen molar-refractivity contribution in [3.63, 3.8) is 0 Å². The molecular weight excluding hydrogens is 214 g/mol. The van der Waals surface area contributed by atoms with Gasteiger partial charge in [-0.2, -0.15) is 0 Å². The van der Waals surface area contributed by atoms with Gasteiger partial charge < -0.3 is 5.11 Å². The fourth-order valence-electron chi connectivity index (χ4n) is 1.98. The van der Waals surface area contributed by atoms with Gasteiger partial charge in [0.05, 0.1) is 0 Å². The Morgan fingerprint density at radius 2 is 2.24 bits per heavy atom. The van der Waals surface area contributed by atoms with Gasteiger partial charge >= 0.3 is 5.97 Å². The van der Waals surface area contributed by atoms with Crippen molar-refractivity contribution in [2.75, 3.05) is 7.05 Å². The maximum atomic E-state index is 10.9. The van der Waals surface area contributed by atoms with Crippen molar-refractivity contribution >= 4 is 5.97 Å².